The van der Waals surface area contributed by atoms with Gasteiger partial charge in [-0.15, -0.1) is 0 Å². The Labute approximate surface area is 148 Å². The lowest BCUT2D eigenvalue weighted by molar-refractivity contribution is -0.110. The van der Waals surface area contributed by atoms with Crippen LogP contribution in [0.5, 0.6) is 0 Å². The van der Waals surface area contributed by atoms with Gasteiger partial charge in [-0.3, -0.25) is 0 Å². The highest BCUT2D eigenvalue weighted by molar-refractivity contribution is 7.89. The zero-order valence-electron chi connectivity index (χ0n) is 13.7. The molecule has 0 amide bonds. The monoisotopic (exact) mass is 383 g/mol. The fourth-order valence-electron chi connectivity index (χ4n) is 2.11. The Morgan fingerprint density at radius 2 is 1.50 bits per heavy atom. The van der Waals surface area contributed by atoms with Crippen LogP contribution < -0.4 is 5.14 Å². The van der Waals surface area contributed by atoms with E-state index in [9.17, 15) is 21.6 Å². The van der Waals surface area contributed by atoms with Gasteiger partial charge in [-0.05, 0) is 30.3 Å². The van der Waals surface area contributed by atoms with Crippen LogP contribution in [-0.2, 0) is 10.0 Å². The van der Waals surface area contributed by atoms with E-state index in [-0.39, 0.29) is 11.8 Å². The lowest BCUT2D eigenvalue weighted by atomic mass is 10.1. The molecule has 0 aliphatic heterocycles. The molecule has 0 fully saturated rings. The molecule has 26 heavy (non-hydrogen) atoms. The number of hydrogen-bond donors (Lipinski definition) is 1. The van der Waals surface area contributed by atoms with Gasteiger partial charge in [0.25, 0.3) is 0 Å². The van der Waals surface area contributed by atoms with Crippen LogP contribution in [0.15, 0.2) is 71.8 Å². The van der Waals surface area contributed by atoms with E-state index in [4.69, 9.17) is 5.14 Å². The standard InChI is InChI=1S/C15H13N3O2S.C2H3F3/c16-21(19,20)14-8-6-13(7-9-14)18-15(10-11-17-18)12-4-2-1-3-5-12;1-2(3,4)5/h1-11H,(H2,16,19,20);1H3. The highest BCUT2D eigenvalue weighted by atomic mass is 32.2. The molecular weight excluding hydrogens is 367 g/mol. The van der Waals surface area contributed by atoms with E-state index in [1.807, 2.05) is 36.4 Å². The van der Waals surface area contributed by atoms with Gasteiger partial charge in [-0.2, -0.15) is 18.3 Å². The second kappa shape index (κ2) is 7.71. The number of benzene rings is 2. The molecule has 0 spiro atoms. The molecule has 0 bridgehead atoms. The van der Waals surface area contributed by atoms with Crippen LogP contribution in [0.3, 0.4) is 0 Å². The fraction of sp³-hybridized carbons (Fsp3) is 0.118. The highest BCUT2D eigenvalue weighted by Crippen LogP contribution is 2.22. The number of hydrogen-bond acceptors (Lipinski definition) is 3. The first-order chi connectivity index (χ1) is 12.1. The Morgan fingerprint density at radius 1 is 0.962 bits per heavy atom. The Morgan fingerprint density at radius 3 is 2.00 bits per heavy atom. The van der Waals surface area contributed by atoms with Gasteiger partial charge in [0.05, 0.1) is 22.5 Å². The van der Waals surface area contributed by atoms with Crippen molar-refractivity contribution in [2.75, 3.05) is 0 Å². The minimum Gasteiger partial charge on any atom is -0.233 e. The average Bonchev–Trinajstić information content (AvgIpc) is 3.03. The molecule has 1 aromatic heterocycles. The molecule has 2 N–H and O–H groups in total. The van der Waals surface area contributed by atoms with E-state index in [0.717, 1.165) is 16.9 Å². The Kier molecular flexibility index (Phi) is 5.83. The molecule has 1 heterocycles. The minimum atomic E-state index is -4.00. The van der Waals surface area contributed by atoms with Gasteiger partial charge in [0.1, 0.15) is 0 Å². The van der Waals surface area contributed by atoms with Crippen molar-refractivity contribution in [2.45, 2.75) is 18.0 Å². The smallest absolute Gasteiger partial charge is 0.233 e. The lowest BCUT2D eigenvalue weighted by Crippen LogP contribution is -2.12. The van der Waals surface area contributed by atoms with E-state index in [2.05, 4.69) is 5.10 Å². The van der Waals surface area contributed by atoms with Crippen LogP contribution in [0.2, 0.25) is 0 Å². The van der Waals surface area contributed by atoms with Gasteiger partial charge in [-0.1, -0.05) is 30.3 Å². The number of nitrogens with zero attached hydrogens (tertiary/aromatic N) is 2. The van der Waals surface area contributed by atoms with Crippen LogP contribution in [-0.4, -0.2) is 24.4 Å². The van der Waals surface area contributed by atoms with E-state index < -0.39 is 16.2 Å². The first kappa shape index (κ1) is 19.7. The summed E-state index contributed by atoms with van der Waals surface area (Å²) in [5.74, 6) is 0. The number of nitrogens with two attached hydrogens (primary N) is 1. The predicted molar refractivity (Wildman–Crippen MR) is 92.1 cm³/mol. The van der Waals surface area contributed by atoms with E-state index >= 15 is 0 Å². The SMILES string of the molecule is CC(F)(F)F.NS(=O)(=O)c1ccc(-n2nccc2-c2ccccc2)cc1. The quantitative estimate of drug-likeness (QED) is 0.748. The molecule has 9 heteroatoms. The predicted octanol–water partition coefficient (Wildman–Crippen LogP) is 3.76. The maximum absolute atomic E-state index is 11.3. The van der Waals surface area contributed by atoms with Gasteiger partial charge in [-0.25, -0.2) is 18.2 Å². The highest BCUT2D eigenvalue weighted by Gasteiger charge is 2.15. The average molecular weight is 383 g/mol. The Hall–Kier alpha value is -2.65. The van der Waals surface area contributed by atoms with Crippen LogP contribution in [0.4, 0.5) is 13.2 Å². The molecule has 0 unspecified atom stereocenters. The third-order valence-electron chi connectivity index (χ3n) is 3.12. The summed E-state index contributed by atoms with van der Waals surface area (Å²) < 4.78 is 55.4. The molecular formula is C17H16F3N3O2S. The molecule has 0 saturated heterocycles. The summed E-state index contributed by atoms with van der Waals surface area (Å²) >= 11 is 0. The van der Waals surface area contributed by atoms with E-state index in [0.29, 0.717) is 0 Å². The Balaban J connectivity index is 0.000000431. The first-order valence-electron chi connectivity index (χ1n) is 7.35. The summed E-state index contributed by atoms with van der Waals surface area (Å²) in [6.07, 6.45) is -2.30. The molecule has 0 atom stereocenters. The maximum atomic E-state index is 11.3. The molecule has 2 aromatic carbocycles. The van der Waals surface area contributed by atoms with Crippen molar-refractivity contribution in [1.29, 1.82) is 0 Å². The fourth-order valence-corrected chi connectivity index (χ4v) is 2.63. The van der Waals surface area contributed by atoms with Crippen molar-refractivity contribution < 1.29 is 21.6 Å². The minimum absolute atomic E-state index is 0.0830. The summed E-state index contributed by atoms with van der Waals surface area (Å²) in [4.78, 5) is 0.0830. The Bertz CT molecular complexity index is 945. The zero-order chi connectivity index (χ0) is 19.4. The van der Waals surface area contributed by atoms with Gasteiger partial charge >= 0.3 is 6.18 Å². The van der Waals surface area contributed by atoms with Gasteiger partial charge in [0.15, 0.2) is 0 Å². The number of rotatable bonds is 3. The van der Waals surface area contributed by atoms with E-state index in [1.54, 1.807) is 23.0 Å². The summed E-state index contributed by atoms with van der Waals surface area (Å²) in [5.41, 5.74) is 2.73. The molecule has 0 saturated carbocycles. The third-order valence-corrected chi connectivity index (χ3v) is 4.05. The van der Waals surface area contributed by atoms with Crippen molar-refractivity contribution in [3.8, 4) is 16.9 Å². The maximum Gasteiger partial charge on any atom is 0.386 e. The van der Waals surface area contributed by atoms with Crippen molar-refractivity contribution in [3.05, 3.63) is 66.9 Å². The van der Waals surface area contributed by atoms with Crippen LogP contribution in [0.1, 0.15) is 6.92 Å². The largest absolute Gasteiger partial charge is 0.386 e. The second-order valence-electron chi connectivity index (χ2n) is 5.31. The van der Waals surface area contributed by atoms with Crippen LogP contribution in [0, 0.1) is 0 Å². The molecule has 3 aromatic rings. The number of sulfonamides is 1. The molecule has 138 valence electrons. The molecule has 5 nitrogen and oxygen atoms in total. The van der Waals surface area contributed by atoms with Crippen molar-refractivity contribution in [1.82, 2.24) is 9.78 Å². The number of aromatic nitrogens is 2. The first-order valence-corrected chi connectivity index (χ1v) is 8.90. The number of halogens is 3. The molecule has 3 rings (SSSR count). The summed E-state index contributed by atoms with van der Waals surface area (Å²) in [7, 11) is -3.68. The summed E-state index contributed by atoms with van der Waals surface area (Å²) in [6.45, 7) is 0.188. The molecule has 0 radical (unpaired) electrons. The van der Waals surface area contributed by atoms with Gasteiger partial charge < -0.3 is 0 Å². The van der Waals surface area contributed by atoms with Crippen molar-refractivity contribution >= 4 is 10.0 Å². The number of alkyl halides is 3. The van der Waals surface area contributed by atoms with Crippen LogP contribution >= 0.6 is 0 Å². The zero-order valence-corrected chi connectivity index (χ0v) is 14.5. The summed E-state index contributed by atoms with van der Waals surface area (Å²) in [6, 6.07) is 18.1. The number of primary sulfonamides is 1. The van der Waals surface area contributed by atoms with Gasteiger partial charge in [0.2, 0.25) is 10.0 Å². The van der Waals surface area contributed by atoms with Gasteiger partial charge in [0, 0.05) is 12.5 Å². The molecule has 0 aliphatic rings. The third kappa shape index (κ3) is 5.71. The summed E-state index contributed by atoms with van der Waals surface area (Å²) in [5, 5.41) is 9.39. The van der Waals surface area contributed by atoms with E-state index in [1.165, 1.54) is 12.1 Å². The van der Waals surface area contributed by atoms with Crippen molar-refractivity contribution in [3.63, 3.8) is 0 Å². The van der Waals surface area contributed by atoms with Crippen LogP contribution in [0.25, 0.3) is 16.9 Å². The molecule has 0 aliphatic carbocycles. The van der Waals surface area contributed by atoms with Crippen molar-refractivity contribution in [2.24, 2.45) is 5.14 Å². The topological polar surface area (TPSA) is 78.0 Å². The normalized spacial score (nSPS) is 11.6. The second-order valence-corrected chi connectivity index (χ2v) is 6.88. The lowest BCUT2D eigenvalue weighted by Gasteiger charge is -2.08.